The molecule has 0 saturated carbocycles. The Morgan fingerprint density at radius 2 is 1.80 bits per heavy atom. The molecule has 2 aromatic carbocycles. The van der Waals surface area contributed by atoms with Gasteiger partial charge < -0.3 is 10.4 Å². The molecule has 1 amide bonds. The molecule has 6 heteroatoms. The van der Waals surface area contributed by atoms with Gasteiger partial charge in [-0.1, -0.05) is 30.3 Å². The highest BCUT2D eigenvalue weighted by Gasteiger charge is 2.36. The van der Waals surface area contributed by atoms with Gasteiger partial charge in [-0.3, -0.25) is 14.5 Å². The summed E-state index contributed by atoms with van der Waals surface area (Å²) in [5.41, 5.74) is 1.30. The zero-order chi connectivity index (χ0) is 17.8. The van der Waals surface area contributed by atoms with E-state index in [-0.39, 0.29) is 11.7 Å². The summed E-state index contributed by atoms with van der Waals surface area (Å²) in [7, 11) is 0. The summed E-state index contributed by atoms with van der Waals surface area (Å²) in [6.07, 6.45) is 0.516. The van der Waals surface area contributed by atoms with Gasteiger partial charge >= 0.3 is 5.97 Å². The van der Waals surface area contributed by atoms with E-state index >= 15 is 0 Å². The molecule has 0 radical (unpaired) electrons. The van der Waals surface area contributed by atoms with Crippen molar-refractivity contribution in [3.63, 3.8) is 0 Å². The number of benzene rings is 2. The second kappa shape index (κ2) is 7.44. The Labute approximate surface area is 145 Å². The van der Waals surface area contributed by atoms with Crippen molar-refractivity contribution < 1.29 is 19.1 Å². The molecule has 0 spiro atoms. The number of halogens is 1. The van der Waals surface area contributed by atoms with E-state index in [2.05, 4.69) is 5.32 Å². The maximum atomic E-state index is 13.0. The Morgan fingerprint density at radius 1 is 1.12 bits per heavy atom. The molecule has 2 N–H and O–H groups in total. The fraction of sp³-hybridized carbons (Fsp3) is 0.263. The van der Waals surface area contributed by atoms with Crippen LogP contribution in [0.4, 0.5) is 10.1 Å². The summed E-state index contributed by atoms with van der Waals surface area (Å²) in [6, 6.07) is 14.2. The van der Waals surface area contributed by atoms with Gasteiger partial charge in [0.15, 0.2) is 0 Å². The van der Waals surface area contributed by atoms with Gasteiger partial charge in [-0.25, -0.2) is 4.39 Å². The van der Waals surface area contributed by atoms with Crippen molar-refractivity contribution in [2.45, 2.75) is 12.5 Å². The van der Waals surface area contributed by atoms with Crippen LogP contribution in [0.1, 0.15) is 18.0 Å². The van der Waals surface area contributed by atoms with Crippen LogP contribution < -0.4 is 5.32 Å². The number of likely N-dealkylation sites (tertiary alicyclic amines) is 1. The number of carboxylic acid groups (broad SMARTS) is 1. The lowest BCUT2D eigenvalue weighted by Crippen LogP contribution is -2.36. The largest absolute Gasteiger partial charge is 0.481 e. The molecule has 1 saturated heterocycles. The molecule has 0 aromatic heterocycles. The van der Waals surface area contributed by atoms with Crippen LogP contribution in [0.25, 0.3) is 0 Å². The highest BCUT2D eigenvalue weighted by Crippen LogP contribution is 2.29. The van der Waals surface area contributed by atoms with Crippen molar-refractivity contribution in [1.29, 1.82) is 0 Å². The normalized spacial score (nSPS) is 18.7. The average molecular weight is 342 g/mol. The summed E-state index contributed by atoms with van der Waals surface area (Å²) < 4.78 is 13.0. The Hall–Kier alpha value is -2.73. The molecule has 0 aliphatic carbocycles. The smallest absolute Gasteiger partial charge is 0.307 e. The number of aliphatic carboxylic acids is 1. The molecule has 1 heterocycles. The molecular formula is C19H19FN2O3. The fourth-order valence-electron chi connectivity index (χ4n) is 3.13. The number of hydrogen-bond acceptors (Lipinski definition) is 3. The molecule has 1 fully saturated rings. The van der Waals surface area contributed by atoms with Crippen molar-refractivity contribution in [1.82, 2.24) is 4.90 Å². The predicted octanol–water partition coefficient (Wildman–Crippen LogP) is 2.91. The van der Waals surface area contributed by atoms with E-state index in [0.29, 0.717) is 25.2 Å². The molecule has 5 nitrogen and oxygen atoms in total. The van der Waals surface area contributed by atoms with Gasteiger partial charge in [0.2, 0.25) is 5.91 Å². The molecule has 2 atom stereocenters. The minimum atomic E-state index is -0.840. The molecule has 1 aliphatic rings. The molecule has 2 aromatic rings. The minimum absolute atomic E-state index is 0.260. The molecule has 25 heavy (non-hydrogen) atoms. The zero-order valence-corrected chi connectivity index (χ0v) is 13.6. The summed E-state index contributed by atoms with van der Waals surface area (Å²) in [5.74, 6) is -1.94. The number of carboxylic acids is 1. The van der Waals surface area contributed by atoms with Crippen molar-refractivity contribution in [3.8, 4) is 0 Å². The van der Waals surface area contributed by atoms with Gasteiger partial charge in [-0.15, -0.1) is 0 Å². The van der Waals surface area contributed by atoms with Gasteiger partial charge in [0.05, 0.1) is 5.92 Å². The minimum Gasteiger partial charge on any atom is -0.481 e. The second-order valence-corrected chi connectivity index (χ2v) is 6.13. The van der Waals surface area contributed by atoms with E-state index in [1.54, 1.807) is 0 Å². The third-order valence-corrected chi connectivity index (χ3v) is 4.41. The van der Waals surface area contributed by atoms with Gasteiger partial charge in [0.25, 0.3) is 0 Å². The van der Waals surface area contributed by atoms with Crippen molar-refractivity contribution in [2.75, 3.05) is 18.4 Å². The van der Waals surface area contributed by atoms with Crippen LogP contribution in [-0.2, 0) is 9.59 Å². The molecule has 1 aliphatic heterocycles. The summed E-state index contributed by atoms with van der Waals surface area (Å²) in [6.45, 7) is 0.860. The van der Waals surface area contributed by atoms with Crippen LogP contribution in [0.2, 0.25) is 0 Å². The van der Waals surface area contributed by atoms with Crippen LogP contribution in [0.15, 0.2) is 54.6 Å². The summed E-state index contributed by atoms with van der Waals surface area (Å²) in [5, 5.41) is 12.0. The maximum Gasteiger partial charge on any atom is 0.307 e. The Morgan fingerprint density at radius 3 is 2.40 bits per heavy atom. The van der Waals surface area contributed by atoms with E-state index in [4.69, 9.17) is 0 Å². The number of amides is 1. The topological polar surface area (TPSA) is 69.6 Å². The van der Waals surface area contributed by atoms with E-state index < -0.39 is 17.9 Å². The lowest BCUT2D eigenvalue weighted by atomic mass is 10.0. The van der Waals surface area contributed by atoms with Crippen LogP contribution in [-0.4, -0.2) is 35.0 Å². The lowest BCUT2D eigenvalue weighted by Gasteiger charge is -2.27. The van der Waals surface area contributed by atoms with Crippen LogP contribution in [0.5, 0.6) is 0 Å². The zero-order valence-electron chi connectivity index (χ0n) is 13.6. The first-order valence-electron chi connectivity index (χ1n) is 8.13. The number of carbonyl (C=O) groups is 2. The first kappa shape index (κ1) is 17.1. The molecule has 2 unspecified atom stereocenters. The number of rotatable bonds is 5. The van der Waals surface area contributed by atoms with Gasteiger partial charge in [0, 0.05) is 18.8 Å². The van der Waals surface area contributed by atoms with E-state index in [1.807, 2.05) is 35.2 Å². The monoisotopic (exact) mass is 342 g/mol. The van der Waals surface area contributed by atoms with Crippen molar-refractivity contribution in [3.05, 3.63) is 66.0 Å². The third-order valence-electron chi connectivity index (χ3n) is 4.41. The van der Waals surface area contributed by atoms with Crippen molar-refractivity contribution in [2.24, 2.45) is 5.92 Å². The molecular weight excluding hydrogens is 323 g/mol. The van der Waals surface area contributed by atoms with Crippen LogP contribution in [0, 0.1) is 11.7 Å². The number of carbonyl (C=O) groups excluding carboxylic acids is 1. The second-order valence-electron chi connectivity index (χ2n) is 6.13. The lowest BCUT2D eigenvalue weighted by molar-refractivity contribution is -0.141. The van der Waals surface area contributed by atoms with E-state index in [0.717, 1.165) is 5.56 Å². The quantitative estimate of drug-likeness (QED) is 0.877. The molecule has 3 rings (SSSR count). The van der Waals surface area contributed by atoms with Gasteiger partial charge in [-0.05, 0) is 36.2 Å². The van der Waals surface area contributed by atoms with E-state index in [9.17, 15) is 19.1 Å². The summed E-state index contributed by atoms with van der Waals surface area (Å²) in [4.78, 5) is 26.0. The Balaban J connectivity index is 1.82. The number of nitrogens with one attached hydrogen (secondary N) is 1. The number of anilines is 1. The Bertz CT molecular complexity index is 749. The summed E-state index contributed by atoms with van der Waals surface area (Å²) >= 11 is 0. The SMILES string of the molecule is O=C(O)C1CCN(C(C(=O)Nc2ccc(F)cc2)c2ccccc2)C1. The first-order valence-corrected chi connectivity index (χ1v) is 8.13. The van der Waals surface area contributed by atoms with Crippen LogP contribution >= 0.6 is 0 Å². The van der Waals surface area contributed by atoms with Crippen LogP contribution in [0.3, 0.4) is 0 Å². The highest BCUT2D eigenvalue weighted by molar-refractivity contribution is 5.95. The fourth-order valence-corrected chi connectivity index (χ4v) is 3.13. The van der Waals surface area contributed by atoms with Crippen molar-refractivity contribution >= 4 is 17.6 Å². The number of nitrogens with zero attached hydrogens (tertiary/aromatic N) is 1. The Kier molecular flexibility index (Phi) is 5.09. The van der Waals surface area contributed by atoms with Gasteiger partial charge in [0.1, 0.15) is 11.9 Å². The third kappa shape index (κ3) is 4.03. The number of hydrogen-bond donors (Lipinski definition) is 2. The maximum absolute atomic E-state index is 13.0. The average Bonchev–Trinajstić information content (AvgIpc) is 3.08. The highest BCUT2D eigenvalue weighted by atomic mass is 19.1. The molecule has 130 valence electrons. The van der Waals surface area contributed by atoms with E-state index in [1.165, 1.54) is 24.3 Å². The predicted molar refractivity (Wildman–Crippen MR) is 91.5 cm³/mol. The van der Waals surface area contributed by atoms with Gasteiger partial charge in [-0.2, -0.15) is 0 Å². The standard InChI is InChI=1S/C19H19FN2O3/c20-15-6-8-16(9-7-15)21-18(23)17(13-4-2-1-3-5-13)22-11-10-14(12-22)19(24)25/h1-9,14,17H,10-12H2,(H,21,23)(H,24,25). The molecule has 0 bridgehead atoms. The first-order chi connectivity index (χ1) is 12.0.